The molecule has 1 aliphatic heterocycles. The van der Waals surface area contributed by atoms with Gasteiger partial charge in [0.15, 0.2) is 0 Å². The molecule has 0 spiro atoms. The number of halogens is 1. The largest absolute Gasteiger partial charge is 0.290 e. The number of thiocarbonyl (C=S) groups is 1. The maximum absolute atomic E-state index is 12.6. The maximum Gasteiger partial charge on any atom is 0.266 e. The zero-order valence-electron chi connectivity index (χ0n) is 11.5. The van der Waals surface area contributed by atoms with Crippen LogP contribution in [0.3, 0.4) is 0 Å². The summed E-state index contributed by atoms with van der Waals surface area (Å²) in [5.74, 6) is 0.0804. The molecule has 3 rings (SSSR count). The predicted molar refractivity (Wildman–Crippen MR) is 96.0 cm³/mol. The van der Waals surface area contributed by atoms with Crippen molar-refractivity contribution in [3.63, 3.8) is 0 Å². The van der Waals surface area contributed by atoms with E-state index in [2.05, 4.69) is 15.9 Å². The number of thioether (sulfide) groups is 1. The van der Waals surface area contributed by atoms with Crippen molar-refractivity contribution in [1.82, 2.24) is 4.90 Å². The molecule has 0 bridgehead atoms. The van der Waals surface area contributed by atoms with Crippen LogP contribution in [0.1, 0.15) is 37.7 Å². The third-order valence-corrected chi connectivity index (χ3v) is 5.73. The Morgan fingerprint density at radius 2 is 2.05 bits per heavy atom. The van der Waals surface area contributed by atoms with Gasteiger partial charge in [-0.2, -0.15) is 0 Å². The predicted octanol–water partition coefficient (Wildman–Crippen LogP) is 4.98. The highest BCUT2D eigenvalue weighted by Crippen LogP contribution is 2.37. The van der Waals surface area contributed by atoms with Gasteiger partial charge in [0, 0.05) is 10.5 Å². The monoisotopic (exact) mass is 381 g/mol. The van der Waals surface area contributed by atoms with E-state index >= 15 is 0 Å². The van der Waals surface area contributed by atoms with E-state index in [-0.39, 0.29) is 5.91 Å². The number of hydrogen-bond donors (Lipinski definition) is 0. The van der Waals surface area contributed by atoms with Gasteiger partial charge in [0.05, 0.1) is 4.91 Å². The zero-order chi connectivity index (χ0) is 14.8. The van der Waals surface area contributed by atoms with Crippen molar-refractivity contribution in [2.24, 2.45) is 0 Å². The van der Waals surface area contributed by atoms with Gasteiger partial charge in [-0.25, -0.2) is 0 Å². The molecule has 1 aliphatic carbocycles. The van der Waals surface area contributed by atoms with Gasteiger partial charge in [0.2, 0.25) is 0 Å². The molecule has 1 saturated carbocycles. The SMILES string of the molecule is O=C1C(=Cc2cccc(Br)c2)SC(=S)N1C1CCCCC1. The number of carbonyl (C=O) groups is 1. The topological polar surface area (TPSA) is 20.3 Å². The summed E-state index contributed by atoms with van der Waals surface area (Å²) in [6.45, 7) is 0. The van der Waals surface area contributed by atoms with E-state index in [1.807, 2.05) is 35.2 Å². The second-order valence-corrected chi connectivity index (χ2v) is 7.99. The summed E-state index contributed by atoms with van der Waals surface area (Å²) in [7, 11) is 0. The van der Waals surface area contributed by atoms with Crippen molar-refractivity contribution >= 4 is 56.2 Å². The van der Waals surface area contributed by atoms with Crippen LogP contribution in [0.2, 0.25) is 0 Å². The van der Waals surface area contributed by atoms with E-state index in [1.165, 1.54) is 31.0 Å². The van der Waals surface area contributed by atoms with E-state index in [1.54, 1.807) is 0 Å². The first kappa shape index (κ1) is 15.3. The van der Waals surface area contributed by atoms with Crippen LogP contribution in [0.25, 0.3) is 6.08 Å². The van der Waals surface area contributed by atoms with Crippen LogP contribution in [0, 0.1) is 0 Å². The molecule has 0 radical (unpaired) electrons. The van der Waals surface area contributed by atoms with Crippen LogP contribution < -0.4 is 0 Å². The van der Waals surface area contributed by atoms with Crippen LogP contribution in [0.4, 0.5) is 0 Å². The number of benzene rings is 1. The standard InChI is InChI=1S/C16H16BrNOS2/c17-12-6-4-5-11(9-12)10-14-15(19)18(16(20)21-14)13-7-2-1-3-8-13/h4-6,9-10,13H,1-3,7-8H2. The Hall–Kier alpha value is -0.650. The molecule has 1 heterocycles. The molecule has 1 saturated heterocycles. The minimum Gasteiger partial charge on any atom is -0.290 e. The van der Waals surface area contributed by atoms with Gasteiger partial charge in [-0.3, -0.25) is 9.69 Å². The van der Waals surface area contributed by atoms with Crippen molar-refractivity contribution in [3.05, 3.63) is 39.2 Å². The highest BCUT2D eigenvalue weighted by Gasteiger charge is 2.37. The number of hydrogen-bond acceptors (Lipinski definition) is 3. The molecule has 0 atom stereocenters. The van der Waals surface area contributed by atoms with Gasteiger partial charge >= 0.3 is 0 Å². The molecule has 1 aromatic carbocycles. The lowest BCUT2D eigenvalue weighted by molar-refractivity contribution is -0.124. The lowest BCUT2D eigenvalue weighted by Crippen LogP contribution is -2.39. The van der Waals surface area contributed by atoms with E-state index in [0.29, 0.717) is 10.4 Å². The smallest absolute Gasteiger partial charge is 0.266 e. The molecule has 0 unspecified atom stereocenters. The lowest BCUT2D eigenvalue weighted by atomic mass is 9.94. The second kappa shape index (κ2) is 6.63. The van der Waals surface area contributed by atoms with Crippen molar-refractivity contribution in [2.75, 3.05) is 0 Å². The number of carbonyl (C=O) groups excluding carboxylic acids is 1. The number of rotatable bonds is 2. The van der Waals surface area contributed by atoms with Crippen LogP contribution in [0.15, 0.2) is 33.6 Å². The Balaban J connectivity index is 1.82. The van der Waals surface area contributed by atoms with Gasteiger partial charge < -0.3 is 0 Å². The van der Waals surface area contributed by atoms with Gasteiger partial charge in [0.25, 0.3) is 5.91 Å². The Kier molecular flexibility index (Phi) is 4.82. The third-order valence-electron chi connectivity index (χ3n) is 3.91. The second-order valence-electron chi connectivity index (χ2n) is 5.40. The van der Waals surface area contributed by atoms with Crippen LogP contribution in [0.5, 0.6) is 0 Å². The summed E-state index contributed by atoms with van der Waals surface area (Å²) < 4.78 is 1.73. The molecule has 1 amide bonds. The molecule has 110 valence electrons. The quantitative estimate of drug-likeness (QED) is 0.531. The minimum atomic E-state index is 0.0804. The minimum absolute atomic E-state index is 0.0804. The normalized spacial score (nSPS) is 22.3. The van der Waals surface area contributed by atoms with E-state index in [9.17, 15) is 4.79 Å². The van der Waals surface area contributed by atoms with Crippen molar-refractivity contribution in [3.8, 4) is 0 Å². The van der Waals surface area contributed by atoms with E-state index in [0.717, 1.165) is 27.8 Å². The number of amides is 1. The molecule has 2 fully saturated rings. The first-order valence-electron chi connectivity index (χ1n) is 7.18. The van der Waals surface area contributed by atoms with E-state index in [4.69, 9.17) is 12.2 Å². The summed E-state index contributed by atoms with van der Waals surface area (Å²) >= 11 is 10.3. The molecule has 1 aromatic rings. The highest BCUT2D eigenvalue weighted by molar-refractivity contribution is 9.10. The first-order chi connectivity index (χ1) is 10.1. The van der Waals surface area contributed by atoms with Gasteiger partial charge in [-0.05, 0) is 36.6 Å². The Morgan fingerprint density at radius 1 is 1.29 bits per heavy atom. The Labute approximate surface area is 143 Å². The lowest BCUT2D eigenvalue weighted by Gasteiger charge is -2.29. The van der Waals surface area contributed by atoms with Gasteiger partial charge in [0.1, 0.15) is 4.32 Å². The van der Waals surface area contributed by atoms with Crippen molar-refractivity contribution < 1.29 is 4.79 Å². The van der Waals surface area contributed by atoms with Crippen molar-refractivity contribution in [2.45, 2.75) is 38.1 Å². The van der Waals surface area contributed by atoms with Crippen LogP contribution >= 0.6 is 39.9 Å². The summed E-state index contributed by atoms with van der Waals surface area (Å²) in [5, 5.41) is 0. The van der Waals surface area contributed by atoms with Crippen LogP contribution in [-0.4, -0.2) is 21.2 Å². The van der Waals surface area contributed by atoms with E-state index < -0.39 is 0 Å². The van der Waals surface area contributed by atoms with Gasteiger partial charge in [-0.1, -0.05) is 71.3 Å². The average Bonchev–Trinajstić information content (AvgIpc) is 2.74. The Morgan fingerprint density at radius 3 is 2.76 bits per heavy atom. The summed E-state index contributed by atoms with van der Waals surface area (Å²) in [4.78, 5) is 15.2. The fourth-order valence-corrected chi connectivity index (χ4v) is 4.70. The van der Waals surface area contributed by atoms with Crippen molar-refractivity contribution in [1.29, 1.82) is 0 Å². The fraction of sp³-hybridized carbons (Fsp3) is 0.375. The number of nitrogens with zero attached hydrogens (tertiary/aromatic N) is 1. The molecule has 21 heavy (non-hydrogen) atoms. The third kappa shape index (κ3) is 3.41. The van der Waals surface area contributed by atoms with Gasteiger partial charge in [-0.15, -0.1) is 0 Å². The molecule has 5 heteroatoms. The van der Waals surface area contributed by atoms with Crippen LogP contribution in [-0.2, 0) is 4.79 Å². The maximum atomic E-state index is 12.6. The first-order valence-corrected chi connectivity index (χ1v) is 9.19. The summed E-state index contributed by atoms with van der Waals surface area (Å²) in [5.41, 5.74) is 1.02. The highest BCUT2D eigenvalue weighted by atomic mass is 79.9. The fourth-order valence-electron chi connectivity index (χ4n) is 2.88. The molecular weight excluding hydrogens is 366 g/mol. The molecular formula is C16H16BrNOS2. The molecule has 0 aromatic heterocycles. The Bertz CT molecular complexity index is 608. The summed E-state index contributed by atoms with van der Waals surface area (Å²) in [6, 6.07) is 8.26. The molecule has 0 N–H and O–H groups in total. The molecule has 2 aliphatic rings. The molecule has 2 nitrogen and oxygen atoms in total. The summed E-state index contributed by atoms with van der Waals surface area (Å²) in [6.07, 6.45) is 7.78. The average molecular weight is 382 g/mol. The zero-order valence-corrected chi connectivity index (χ0v) is 14.8.